The lowest BCUT2D eigenvalue weighted by atomic mass is 10.1. The SMILES string of the molecule is c1ccc(-c2cc(C3=NCNN3)[nH]n2)cc1. The quantitative estimate of drug-likeness (QED) is 0.694. The largest absolute Gasteiger partial charge is 0.302 e. The average Bonchev–Trinajstić information content (AvgIpc) is 3.01. The lowest BCUT2D eigenvalue weighted by Crippen LogP contribution is -2.30. The van der Waals surface area contributed by atoms with E-state index in [1.165, 1.54) is 0 Å². The number of hydrazine groups is 1. The van der Waals surface area contributed by atoms with Crippen molar-refractivity contribution in [3.63, 3.8) is 0 Å². The number of nitrogens with zero attached hydrogens (tertiary/aromatic N) is 2. The third kappa shape index (κ3) is 1.57. The molecule has 3 rings (SSSR count). The van der Waals surface area contributed by atoms with Crippen LogP contribution in [-0.4, -0.2) is 22.7 Å². The average molecular weight is 213 g/mol. The molecule has 0 unspecified atom stereocenters. The van der Waals surface area contributed by atoms with Gasteiger partial charge in [0, 0.05) is 5.56 Å². The van der Waals surface area contributed by atoms with Gasteiger partial charge in [-0.05, 0) is 6.07 Å². The second kappa shape index (κ2) is 3.79. The Morgan fingerprint density at radius 2 is 2.00 bits per heavy atom. The van der Waals surface area contributed by atoms with E-state index in [1.807, 2.05) is 36.4 Å². The maximum Gasteiger partial charge on any atom is 0.162 e. The summed E-state index contributed by atoms with van der Waals surface area (Å²) in [4.78, 5) is 4.24. The highest BCUT2D eigenvalue weighted by Gasteiger charge is 2.11. The van der Waals surface area contributed by atoms with Gasteiger partial charge >= 0.3 is 0 Å². The van der Waals surface area contributed by atoms with Crippen molar-refractivity contribution >= 4 is 5.84 Å². The molecule has 1 aromatic heterocycles. The molecule has 5 heteroatoms. The predicted octanol–water partition coefficient (Wildman–Crippen LogP) is 0.889. The lowest BCUT2D eigenvalue weighted by molar-refractivity contribution is 0.727. The Labute approximate surface area is 92.6 Å². The fraction of sp³-hybridized carbons (Fsp3) is 0.0909. The molecule has 0 saturated heterocycles. The number of hydrogen-bond donors (Lipinski definition) is 3. The van der Waals surface area contributed by atoms with Crippen LogP contribution in [0, 0.1) is 0 Å². The Balaban J connectivity index is 1.94. The number of nitrogens with one attached hydrogen (secondary N) is 3. The summed E-state index contributed by atoms with van der Waals surface area (Å²) in [6, 6.07) is 12.0. The predicted molar refractivity (Wildman–Crippen MR) is 61.7 cm³/mol. The van der Waals surface area contributed by atoms with Gasteiger partial charge in [-0.15, -0.1) is 0 Å². The number of rotatable bonds is 2. The fourth-order valence-corrected chi connectivity index (χ4v) is 1.63. The zero-order chi connectivity index (χ0) is 10.8. The minimum absolute atomic E-state index is 0.592. The molecule has 0 atom stereocenters. The minimum atomic E-state index is 0.592. The number of H-pyrrole nitrogens is 1. The van der Waals surface area contributed by atoms with Crippen LogP contribution in [0.2, 0.25) is 0 Å². The van der Waals surface area contributed by atoms with Crippen molar-refractivity contribution in [3.05, 3.63) is 42.1 Å². The Morgan fingerprint density at radius 3 is 2.75 bits per heavy atom. The van der Waals surface area contributed by atoms with Crippen molar-refractivity contribution in [3.8, 4) is 11.3 Å². The van der Waals surface area contributed by atoms with E-state index in [0.717, 1.165) is 22.8 Å². The van der Waals surface area contributed by atoms with Crippen LogP contribution in [0.5, 0.6) is 0 Å². The van der Waals surface area contributed by atoms with Gasteiger partial charge in [0.1, 0.15) is 12.4 Å². The van der Waals surface area contributed by atoms with E-state index in [2.05, 4.69) is 26.0 Å². The first-order valence-corrected chi connectivity index (χ1v) is 5.08. The molecule has 1 aliphatic rings. The van der Waals surface area contributed by atoms with Crippen molar-refractivity contribution < 1.29 is 0 Å². The Kier molecular flexibility index (Phi) is 2.16. The van der Waals surface area contributed by atoms with Gasteiger partial charge in [-0.2, -0.15) is 5.10 Å². The Hall–Kier alpha value is -2.14. The summed E-state index contributed by atoms with van der Waals surface area (Å²) >= 11 is 0. The van der Waals surface area contributed by atoms with Gasteiger partial charge in [-0.1, -0.05) is 30.3 Å². The van der Waals surface area contributed by atoms with E-state index in [4.69, 9.17) is 0 Å². The van der Waals surface area contributed by atoms with Crippen LogP contribution in [0.1, 0.15) is 5.69 Å². The maximum atomic E-state index is 4.26. The van der Waals surface area contributed by atoms with E-state index in [9.17, 15) is 0 Å². The van der Waals surface area contributed by atoms with E-state index < -0.39 is 0 Å². The molecule has 0 aliphatic carbocycles. The molecule has 80 valence electrons. The lowest BCUT2D eigenvalue weighted by Gasteiger charge is -1.95. The molecule has 5 nitrogen and oxygen atoms in total. The van der Waals surface area contributed by atoms with Crippen molar-refractivity contribution in [2.45, 2.75) is 0 Å². The summed E-state index contributed by atoms with van der Waals surface area (Å²) in [7, 11) is 0. The molecule has 1 aliphatic heterocycles. The third-order valence-corrected chi connectivity index (χ3v) is 2.43. The molecule has 0 amide bonds. The highest BCUT2D eigenvalue weighted by Crippen LogP contribution is 2.16. The summed E-state index contributed by atoms with van der Waals surface area (Å²) in [5.74, 6) is 0.801. The van der Waals surface area contributed by atoms with Crippen LogP contribution in [-0.2, 0) is 0 Å². The van der Waals surface area contributed by atoms with Crippen LogP contribution < -0.4 is 10.9 Å². The highest BCUT2D eigenvalue weighted by atomic mass is 15.5. The maximum absolute atomic E-state index is 4.26. The van der Waals surface area contributed by atoms with E-state index in [0.29, 0.717) is 6.67 Å². The number of amidine groups is 1. The highest BCUT2D eigenvalue weighted by molar-refractivity contribution is 5.98. The molecule has 0 bridgehead atoms. The van der Waals surface area contributed by atoms with E-state index in [1.54, 1.807) is 0 Å². The van der Waals surface area contributed by atoms with Gasteiger partial charge < -0.3 is 5.43 Å². The van der Waals surface area contributed by atoms with Crippen LogP contribution in [0.4, 0.5) is 0 Å². The second-order valence-electron chi connectivity index (χ2n) is 3.50. The summed E-state index contributed by atoms with van der Waals surface area (Å²) in [5, 5.41) is 7.22. The Morgan fingerprint density at radius 1 is 1.12 bits per heavy atom. The van der Waals surface area contributed by atoms with Gasteiger partial charge in [0.15, 0.2) is 5.84 Å². The molecule has 2 aromatic rings. The van der Waals surface area contributed by atoms with Crippen molar-refractivity contribution in [1.82, 2.24) is 21.0 Å². The summed E-state index contributed by atoms with van der Waals surface area (Å²) < 4.78 is 0. The zero-order valence-electron chi connectivity index (χ0n) is 8.57. The normalized spacial score (nSPS) is 14.6. The molecule has 0 saturated carbocycles. The number of aromatic amines is 1. The summed E-state index contributed by atoms with van der Waals surface area (Å²) in [6.45, 7) is 0.592. The zero-order valence-corrected chi connectivity index (χ0v) is 8.57. The van der Waals surface area contributed by atoms with Gasteiger partial charge in [0.2, 0.25) is 0 Å². The van der Waals surface area contributed by atoms with Crippen LogP contribution >= 0.6 is 0 Å². The van der Waals surface area contributed by atoms with E-state index >= 15 is 0 Å². The standard InChI is InChI=1S/C11H11N5/c1-2-4-8(5-3-1)9-6-10(15-14-9)11-12-7-13-16-11/h1-6,13H,7H2,(H,12,16)(H,14,15). The van der Waals surface area contributed by atoms with Gasteiger partial charge in [-0.3, -0.25) is 5.10 Å². The minimum Gasteiger partial charge on any atom is -0.302 e. The van der Waals surface area contributed by atoms with Gasteiger partial charge in [0.25, 0.3) is 0 Å². The van der Waals surface area contributed by atoms with Gasteiger partial charge in [0.05, 0.1) is 5.69 Å². The topological polar surface area (TPSA) is 65.1 Å². The molecule has 0 fully saturated rings. The monoisotopic (exact) mass is 213 g/mol. The van der Waals surface area contributed by atoms with Crippen molar-refractivity contribution in [1.29, 1.82) is 0 Å². The second-order valence-corrected chi connectivity index (χ2v) is 3.50. The molecule has 3 N–H and O–H groups in total. The van der Waals surface area contributed by atoms with Crippen molar-refractivity contribution in [2.75, 3.05) is 6.67 Å². The third-order valence-electron chi connectivity index (χ3n) is 2.43. The molecule has 0 spiro atoms. The van der Waals surface area contributed by atoms with Crippen molar-refractivity contribution in [2.24, 2.45) is 4.99 Å². The first-order valence-electron chi connectivity index (χ1n) is 5.08. The number of aliphatic imine (C=N–C) groups is 1. The molecular formula is C11H11N5. The smallest absolute Gasteiger partial charge is 0.162 e. The molecular weight excluding hydrogens is 202 g/mol. The van der Waals surface area contributed by atoms with Crippen LogP contribution in [0.15, 0.2) is 41.4 Å². The summed E-state index contributed by atoms with van der Waals surface area (Å²) in [5.41, 5.74) is 8.79. The fourth-order valence-electron chi connectivity index (χ4n) is 1.63. The van der Waals surface area contributed by atoms with Gasteiger partial charge in [-0.25, -0.2) is 10.4 Å². The number of benzene rings is 1. The Bertz CT molecular complexity index is 514. The molecule has 2 heterocycles. The molecule has 1 aromatic carbocycles. The molecule has 16 heavy (non-hydrogen) atoms. The molecule has 0 radical (unpaired) electrons. The number of hydrogen-bond acceptors (Lipinski definition) is 4. The van der Waals surface area contributed by atoms with E-state index in [-0.39, 0.29) is 0 Å². The van der Waals surface area contributed by atoms with Crippen LogP contribution in [0.3, 0.4) is 0 Å². The summed E-state index contributed by atoms with van der Waals surface area (Å²) in [6.07, 6.45) is 0. The first kappa shape index (κ1) is 9.11. The number of aromatic nitrogens is 2. The first-order chi connectivity index (χ1) is 7.93. The van der Waals surface area contributed by atoms with Crippen LogP contribution in [0.25, 0.3) is 11.3 Å².